The van der Waals surface area contributed by atoms with Crippen molar-refractivity contribution in [3.63, 3.8) is 0 Å². The number of carbonyl (C=O) groups is 1. The molecule has 3 N–H and O–H groups in total. The fraction of sp³-hybridized carbons (Fsp3) is 0.417. The number of aliphatic hydroxyl groups is 1. The summed E-state index contributed by atoms with van der Waals surface area (Å²) in [6, 6.07) is 6.48. The molecule has 1 aromatic carbocycles. The summed E-state index contributed by atoms with van der Waals surface area (Å²) < 4.78 is 36.9. The van der Waals surface area contributed by atoms with E-state index in [-0.39, 0.29) is 13.0 Å². The minimum atomic E-state index is -4.49. The van der Waals surface area contributed by atoms with E-state index in [0.29, 0.717) is 16.2 Å². The van der Waals surface area contributed by atoms with Crippen molar-refractivity contribution in [3.8, 4) is 0 Å². The quantitative estimate of drug-likeness (QED) is 0.794. The Morgan fingerprint density at radius 3 is 2.47 bits per heavy atom. The summed E-state index contributed by atoms with van der Waals surface area (Å²) in [6.07, 6.45) is -4.71. The van der Waals surface area contributed by atoms with Crippen LogP contribution in [0.1, 0.15) is 5.56 Å². The van der Waals surface area contributed by atoms with E-state index in [1.807, 2.05) is 0 Å². The van der Waals surface area contributed by atoms with Crippen molar-refractivity contribution < 1.29 is 23.1 Å². The first-order valence-corrected chi connectivity index (χ1v) is 5.62. The lowest BCUT2D eigenvalue weighted by molar-refractivity contribution is -0.161. The third-order valence-corrected chi connectivity index (χ3v) is 2.49. The Bertz CT molecular complexity index is 435. The molecule has 1 rings (SSSR count). The van der Waals surface area contributed by atoms with Crippen molar-refractivity contribution in [2.24, 2.45) is 0 Å². The van der Waals surface area contributed by atoms with Gasteiger partial charge in [-0.05, 0) is 11.6 Å². The zero-order chi connectivity index (χ0) is 14.5. The molecule has 0 saturated carbocycles. The van der Waals surface area contributed by atoms with Gasteiger partial charge >= 0.3 is 6.18 Å². The molecule has 0 unspecified atom stereocenters. The second kappa shape index (κ2) is 6.42. The van der Waals surface area contributed by atoms with Gasteiger partial charge in [-0.2, -0.15) is 13.2 Å². The van der Waals surface area contributed by atoms with Crippen LogP contribution in [-0.2, 0) is 11.2 Å². The molecule has 0 aliphatic rings. The average Bonchev–Trinajstić information content (AvgIpc) is 2.30. The summed E-state index contributed by atoms with van der Waals surface area (Å²) in [7, 11) is 0. The van der Waals surface area contributed by atoms with Crippen molar-refractivity contribution in [2.75, 3.05) is 25.4 Å². The summed E-state index contributed by atoms with van der Waals surface area (Å²) in [5, 5.41) is 8.72. The number of nitrogens with two attached hydrogens (primary N) is 1. The number of nitrogen functional groups attached to an aromatic ring is 1. The van der Waals surface area contributed by atoms with Gasteiger partial charge in [0.1, 0.15) is 6.54 Å². The number of amides is 1. The van der Waals surface area contributed by atoms with Gasteiger partial charge in [0.15, 0.2) is 0 Å². The molecule has 4 nitrogen and oxygen atoms in total. The fourth-order valence-corrected chi connectivity index (χ4v) is 1.60. The highest BCUT2D eigenvalue weighted by Gasteiger charge is 2.32. The van der Waals surface area contributed by atoms with Crippen LogP contribution in [0.4, 0.5) is 18.9 Å². The number of para-hydroxylation sites is 1. The molecule has 0 radical (unpaired) electrons. The Balaban J connectivity index is 2.75. The zero-order valence-corrected chi connectivity index (χ0v) is 10.2. The SMILES string of the molecule is Nc1ccccc1CC(=O)N(CCO)CC(F)(F)F. The zero-order valence-electron chi connectivity index (χ0n) is 10.2. The normalized spacial score (nSPS) is 11.4. The number of anilines is 1. The van der Waals surface area contributed by atoms with E-state index in [2.05, 4.69) is 0 Å². The third kappa shape index (κ3) is 5.17. The van der Waals surface area contributed by atoms with Crippen molar-refractivity contribution >= 4 is 11.6 Å². The molecule has 0 saturated heterocycles. The second-order valence-corrected chi connectivity index (χ2v) is 4.03. The molecule has 106 valence electrons. The van der Waals surface area contributed by atoms with Gasteiger partial charge in [0.2, 0.25) is 5.91 Å². The topological polar surface area (TPSA) is 66.6 Å². The van der Waals surface area contributed by atoms with Crippen molar-refractivity contribution in [1.82, 2.24) is 4.90 Å². The molecule has 0 fully saturated rings. The monoisotopic (exact) mass is 276 g/mol. The standard InChI is InChI=1S/C12H15F3N2O2/c13-12(14,15)8-17(5-6-18)11(19)7-9-3-1-2-4-10(9)16/h1-4,18H,5-8,16H2. The van der Waals surface area contributed by atoms with E-state index in [9.17, 15) is 18.0 Å². The van der Waals surface area contributed by atoms with Gasteiger partial charge in [-0.1, -0.05) is 18.2 Å². The first kappa shape index (κ1) is 15.3. The molecular formula is C12H15F3N2O2. The summed E-state index contributed by atoms with van der Waals surface area (Å²) in [5.41, 5.74) is 6.45. The van der Waals surface area contributed by atoms with Gasteiger partial charge in [-0.15, -0.1) is 0 Å². The Morgan fingerprint density at radius 2 is 1.95 bits per heavy atom. The Hall–Kier alpha value is -1.76. The van der Waals surface area contributed by atoms with Gasteiger partial charge in [0.05, 0.1) is 13.0 Å². The maximum atomic E-state index is 12.3. The van der Waals surface area contributed by atoms with E-state index in [4.69, 9.17) is 10.8 Å². The van der Waals surface area contributed by atoms with Crippen LogP contribution < -0.4 is 5.73 Å². The molecule has 0 bridgehead atoms. The highest BCUT2D eigenvalue weighted by molar-refractivity contribution is 5.80. The minimum absolute atomic E-state index is 0.219. The number of halogens is 3. The van der Waals surface area contributed by atoms with Crippen molar-refractivity contribution in [2.45, 2.75) is 12.6 Å². The molecule has 0 heterocycles. The predicted octanol–water partition coefficient (Wildman–Crippen LogP) is 1.19. The van der Waals surface area contributed by atoms with Crippen LogP contribution in [0.15, 0.2) is 24.3 Å². The lowest BCUT2D eigenvalue weighted by Gasteiger charge is -2.23. The predicted molar refractivity (Wildman–Crippen MR) is 64.3 cm³/mol. The van der Waals surface area contributed by atoms with Gasteiger partial charge < -0.3 is 15.7 Å². The van der Waals surface area contributed by atoms with Crippen LogP contribution in [0.5, 0.6) is 0 Å². The highest BCUT2D eigenvalue weighted by atomic mass is 19.4. The Labute approximate surface area is 108 Å². The van der Waals surface area contributed by atoms with Gasteiger partial charge in [-0.3, -0.25) is 4.79 Å². The number of alkyl halides is 3. The molecule has 0 aliphatic carbocycles. The van der Waals surface area contributed by atoms with Crippen LogP contribution in [-0.4, -0.2) is 41.8 Å². The number of rotatable bonds is 5. The summed E-state index contributed by atoms with van der Waals surface area (Å²) >= 11 is 0. The first-order valence-electron chi connectivity index (χ1n) is 5.62. The molecule has 0 aromatic heterocycles. The van der Waals surface area contributed by atoms with E-state index >= 15 is 0 Å². The van der Waals surface area contributed by atoms with Crippen LogP contribution in [0.2, 0.25) is 0 Å². The third-order valence-electron chi connectivity index (χ3n) is 2.49. The summed E-state index contributed by atoms with van der Waals surface area (Å²) in [6.45, 7) is -2.25. The Kier molecular flexibility index (Phi) is 5.17. The van der Waals surface area contributed by atoms with Gasteiger partial charge in [0.25, 0.3) is 0 Å². The van der Waals surface area contributed by atoms with Crippen LogP contribution in [0.3, 0.4) is 0 Å². The second-order valence-electron chi connectivity index (χ2n) is 4.03. The molecule has 0 spiro atoms. The van der Waals surface area contributed by atoms with E-state index in [1.54, 1.807) is 24.3 Å². The number of hydrogen-bond donors (Lipinski definition) is 2. The van der Waals surface area contributed by atoms with E-state index < -0.39 is 25.2 Å². The molecule has 1 aromatic rings. The van der Waals surface area contributed by atoms with Crippen LogP contribution >= 0.6 is 0 Å². The van der Waals surface area contributed by atoms with Crippen molar-refractivity contribution in [1.29, 1.82) is 0 Å². The fourth-order valence-electron chi connectivity index (χ4n) is 1.60. The average molecular weight is 276 g/mol. The highest BCUT2D eigenvalue weighted by Crippen LogP contribution is 2.18. The summed E-state index contributed by atoms with van der Waals surface area (Å²) in [4.78, 5) is 12.4. The minimum Gasteiger partial charge on any atom is -0.398 e. The Morgan fingerprint density at radius 1 is 1.32 bits per heavy atom. The van der Waals surface area contributed by atoms with Crippen molar-refractivity contribution in [3.05, 3.63) is 29.8 Å². The van der Waals surface area contributed by atoms with Gasteiger partial charge in [-0.25, -0.2) is 0 Å². The maximum absolute atomic E-state index is 12.3. The van der Waals surface area contributed by atoms with Crippen LogP contribution in [0, 0.1) is 0 Å². The lowest BCUT2D eigenvalue weighted by Crippen LogP contribution is -2.41. The molecule has 19 heavy (non-hydrogen) atoms. The lowest BCUT2D eigenvalue weighted by atomic mass is 10.1. The molecule has 0 aliphatic heterocycles. The smallest absolute Gasteiger partial charge is 0.398 e. The van der Waals surface area contributed by atoms with Crippen LogP contribution in [0.25, 0.3) is 0 Å². The number of carbonyl (C=O) groups excluding carboxylic acids is 1. The van der Waals surface area contributed by atoms with E-state index in [0.717, 1.165) is 0 Å². The largest absolute Gasteiger partial charge is 0.406 e. The van der Waals surface area contributed by atoms with E-state index in [1.165, 1.54) is 0 Å². The molecule has 1 amide bonds. The molecule has 7 heteroatoms. The number of benzene rings is 1. The van der Waals surface area contributed by atoms with Gasteiger partial charge in [0, 0.05) is 12.2 Å². The summed E-state index contributed by atoms with van der Waals surface area (Å²) in [5.74, 6) is -0.718. The first-order chi connectivity index (χ1) is 8.83. The number of nitrogens with zero attached hydrogens (tertiary/aromatic N) is 1. The molecule has 0 atom stereocenters. The maximum Gasteiger partial charge on any atom is 0.406 e. The number of aliphatic hydroxyl groups excluding tert-OH is 1. The molecular weight excluding hydrogens is 261 g/mol. The number of hydrogen-bond acceptors (Lipinski definition) is 3.